The Morgan fingerprint density at radius 3 is 2.80 bits per heavy atom. The molecule has 0 amide bonds. The smallest absolute Gasteiger partial charge is 0.213 e. The van der Waals surface area contributed by atoms with Crippen LogP contribution in [0, 0.1) is 0 Å². The van der Waals surface area contributed by atoms with Gasteiger partial charge in [0.05, 0.1) is 0 Å². The summed E-state index contributed by atoms with van der Waals surface area (Å²) in [5, 5.41) is 4.54. The number of hydrogen-bond donors (Lipinski definition) is 1. The maximum Gasteiger partial charge on any atom is 0.213 e. The van der Waals surface area contributed by atoms with Crippen molar-refractivity contribution < 1.29 is 4.74 Å². The molecule has 0 radical (unpaired) electrons. The molecule has 20 heavy (non-hydrogen) atoms. The maximum absolute atomic E-state index is 6.12. The Labute approximate surface area is 127 Å². The van der Waals surface area contributed by atoms with E-state index >= 15 is 0 Å². The number of pyridine rings is 1. The molecular formula is C15H14Cl2N2O. The topological polar surface area (TPSA) is 34.1 Å². The number of ether oxygens (including phenoxy) is 1. The Morgan fingerprint density at radius 2 is 2.00 bits per heavy atom. The second kappa shape index (κ2) is 6.00. The van der Waals surface area contributed by atoms with Gasteiger partial charge in [-0.25, -0.2) is 4.98 Å². The highest BCUT2D eigenvalue weighted by Gasteiger charge is 2.11. The van der Waals surface area contributed by atoms with E-state index in [1.165, 1.54) is 11.1 Å². The molecule has 5 heteroatoms. The van der Waals surface area contributed by atoms with Gasteiger partial charge >= 0.3 is 0 Å². The number of hydrogen-bond acceptors (Lipinski definition) is 3. The lowest BCUT2D eigenvalue weighted by molar-refractivity contribution is 0.293. The van der Waals surface area contributed by atoms with Gasteiger partial charge in [-0.05, 0) is 36.2 Å². The van der Waals surface area contributed by atoms with Crippen LogP contribution < -0.4 is 10.1 Å². The summed E-state index contributed by atoms with van der Waals surface area (Å²) >= 11 is 12.2. The van der Waals surface area contributed by atoms with Crippen LogP contribution in [-0.4, -0.2) is 11.5 Å². The fourth-order valence-electron chi connectivity index (χ4n) is 2.24. The van der Waals surface area contributed by atoms with Crippen molar-refractivity contribution in [2.24, 2.45) is 0 Å². The Bertz CT molecular complexity index is 611. The molecule has 0 spiro atoms. The average molecular weight is 309 g/mol. The predicted octanol–water partition coefficient (Wildman–Crippen LogP) is 3.61. The first-order chi connectivity index (χ1) is 9.74. The highest BCUT2D eigenvalue weighted by Crippen LogP contribution is 2.26. The van der Waals surface area contributed by atoms with Crippen LogP contribution in [0.25, 0.3) is 0 Å². The summed E-state index contributed by atoms with van der Waals surface area (Å²) in [6.07, 6.45) is 2.87. The highest BCUT2D eigenvalue weighted by atomic mass is 35.5. The fraction of sp³-hybridized carbons (Fsp3) is 0.267. The van der Waals surface area contributed by atoms with E-state index in [1.807, 2.05) is 18.3 Å². The number of halogens is 2. The molecule has 0 bridgehead atoms. The number of nitrogens with zero attached hydrogens (tertiary/aromatic N) is 1. The van der Waals surface area contributed by atoms with Crippen LogP contribution in [0.5, 0.6) is 5.88 Å². The van der Waals surface area contributed by atoms with E-state index in [1.54, 1.807) is 12.1 Å². The molecular weight excluding hydrogens is 295 g/mol. The number of fused-ring (bicyclic) bond motifs is 1. The first-order valence-electron chi connectivity index (χ1n) is 6.48. The molecule has 0 fully saturated rings. The van der Waals surface area contributed by atoms with Crippen molar-refractivity contribution in [1.82, 2.24) is 10.3 Å². The second-order valence-corrected chi connectivity index (χ2v) is 5.52. The third kappa shape index (κ3) is 2.90. The summed E-state index contributed by atoms with van der Waals surface area (Å²) in [4.78, 5) is 4.32. The zero-order valence-electron chi connectivity index (χ0n) is 10.8. The minimum Gasteiger partial charge on any atom is -0.473 e. The summed E-state index contributed by atoms with van der Waals surface area (Å²) in [6.45, 7) is 2.19. The number of rotatable bonds is 3. The lowest BCUT2D eigenvalue weighted by atomic mass is 10.0. The van der Waals surface area contributed by atoms with Crippen molar-refractivity contribution in [2.45, 2.75) is 19.6 Å². The van der Waals surface area contributed by atoms with Gasteiger partial charge in [-0.1, -0.05) is 29.3 Å². The van der Waals surface area contributed by atoms with Crippen LogP contribution in [0.1, 0.15) is 16.7 Å². The van der Waals surface area contributed by atoms with E-state index in [9.17, 15) is 0 Å². The molecule has 0 saturated heterocycles. The number of benzene rings is 1. The molecule has 1 aromatic carbocycles. The molecule has 1 aliphatic rings. The molecule has 1 N–H and O–H groups in total. The first kappa shape index (κ1) is 13.7. The highest BCUT2D eigenvalue weighted by molar-refractivity contribution is 6.35. The minimum atomic E-state index is 0.322. The van der Waals surface area contributed by atoms with Gasteiger partial charge in [-0.3, -0.25) is 0 Å². The van der Waals surface area contributed by atoms with Gasteiger partial charge in [0.15, 0.2) is 0 Å². The molecule has 1 aliphatic heterocycles. The number of aromatic nitrogens is 1. The van der Waals surface area contributed by atoms with Crippen molar-refractivity contribution in [3.05, 3.63) is 57.2 Å². The van der Waals surface area contributed by atoms with E-state index < -0.39 is 0 Å². The summed E-state index contributed by atoms with van der Waals surface area (Å²) in [5.41, 5.74) is 3.32. The molecule has 2 heterocycles. The summed E-state index contributed by atoms with van der Waals surface area (Å²) in [7, 11) is 0. The van der Waals surface area contributed by atoms with Crippen LogP contribution in [-0.2, 0) is 19.6 Å². The van der Waals surface area contributed by atoms with E-state index in [-0.39, 0.29) is 0 Å². The van der Waals surface area contributed by atoms with Crippen molar-refractivity contribution in [3.8, 4) is 5.88 Å². The Hall–Kier alpha value is -1.29. The van der Waals surface area contributed by atoms with Gasteiger partial charge in [0, 0.05) is 34.4 Å². The van der Waals surface area contributed by atoms with Gasteiger partial charge in [0.2, 0.25) is 5.88 Å². The van der Waals surface area contributed by atoms with E-state index in [0.29, 0.717) is 22.5 Å². The van der Waals surface area contributed by atoms with Crippen molar-refractivity contribution in [1.29, 1.82) is 0 Å². The Balaban J connectivity index is 1.75. The van der Waals surface area contributed by atoms with E-state index in [2.05, 4.69) is 10.3 Å². The van der Waals surface area contributed by atoms with Crippen LogP contribution >= 0.6 is 23.2 Å². The summed E-state index contributed by atoms with van der Waals surface area (Å²) in [5.74, 6) is 0.613. The summed E-state index contributed by atoms with van der Waals surface area (Å²) in [6, 6.07) is 7.43. The quantitative estimate of drug-likeness (QED) is 0.940. The van der Waals surface area contributed by atoms with E-state index in [0.717, 1.165) is 25.1 Å². The maximum atomic E-state index is 6.12. The molecule has 3 rings (SSSR count). The predicted molar refractivity (Wildman–Crippen MR) is 80.4 cm³/mol. The molecule has 0 aliphatic carbocycles. The van der Waals surface area contributed by atoms with Crippen LogP contribution in [0.15, 0.2) is 30.5 Å². The Morgan fingerprint density at radius 1 is 1.20 bits per heavy atom. The third-order valence-corrected chi connectivity index (χ3v) is 4.08. The van der Waals surface area contributed by atoms with Gasteiger partial charge in [-0.2, -0.15) is 0 Å². The zero-order valence-corrected chi connectivity index (χ0v) is 12.3. The molecule has 0 unspecified atom stereocenters. The molecule has 0 saturated carbocycles. The molecule has 2 aromatic rings. The van der Waals surface area contributed by atoms with Gasteiger partial charge in [0.1, 0.15) is 6.61 Å². The Kier molecular flexibility index (Phi) is 4.10. The van der Waals surface area contributed by atoms with Crippen LogP contribution in [0.4, 0.5) is 0 Å². The molecule has 0 atom stereocenters. The standard InChI is InChI=1S/C15H14Cl2N2O/c16-13-2-1-3-14(17)12(13)9-20-15-6-10-4-5-18-7-11(10)8-19-15/h1-3,6,8,18H,4-5,7,9H2. The third-order valence-electron chi connectivity index (χ3n) is 3.37. The zero-order chi connectivity index (χ0) is 13.9. The monoisotopic (exact) mass is 308 g/mol. The fourth-order valence-corrected chi connectivity index (χ4v) is 2.74. The van der Waals surface area contributed by atoms with Crippen molar-refractivity contribution in [3.63, 3.8) is 0 Å². The van der Waals surface area contributed by atoms with Crippen LogP contribution in [0.3, 0.4) is 0 Å². The minimum absolute atomic E-state index is 0.322. The molecule has 1 aromatic heterocycles. The second-order valence-electron chi connectivity index (χ2n) is 4.71. The van der Waals surface area contributed by atoms with Crippen LogP contribution in [0.2, 0.25) is 10.0 Å². The largest absolute Gasteiger partial charge is 0.473 e. The average Bonchev–Trinajstić information content (AvgIpc) is 2.46. The molecule has 104 valence electrons. The summed E-state index contributed by atoms with van der Waals surface area (Å²) < 4.78 is 5.72. The van der Waals surface area contributed by atoms with Crippen molar-refractivity contribution >= 4 is 23.2 Å². The van der Waals surface area contributed by atoms with E-state index in [4.69, 9.17) is 27.9 Å². The molecule has 3 nitrogen and oxygen atoms in total. The lowest BCUT2D eigenvalue weighted by Crippen LogP contribution is -2.23. The van der Waals surface area contributed by atoms with Gasteiger partial charge in [0.25, 0.3) is 0 Å². The van der Waals surface area contributed by atoms with Gasteiger partial charge < -0.3 is 10.1 Å². The normalized spacial score (nSPS) is 13.9. The van der Waals surface area contributed by atoms with Crippen molar-refractivity contribution in [2.75, 3.05) is 6.54 Å². The first-order valence-corrected chi connectivity index (χ1v) is 7.24. The SMILES string of the molecule is Clc1cccc(Cl)c1COc1cc2c(cn1)CNCC2. The number of nitrogens with one attached hydrogen (secondary N) is 1. The lowest BCUT2D eigenvalue weighted by Gasteiger charge is -2.17. The van der Waals surface area contributed by atoms with Gasteiger partial charge in [-0.15, -0.1) is 0 Å².